The zero-order valence-corrected chi connectivity index (χ0v) is 5.61. The second kappa shape index (κ2) is 3.37. The lowest BCUT2D eigenvalue weighted by molar-refractivity contribution is -0.103. The van der Waals surface area contributed by atoms with Gasteiger partial charge in [-0.05, 0) is 24.0 Å². The van der Waals surface area contributed by atoms with Gasteiger partial charge in [0.15, 0.2) is 12.0 Å². The molecule has 1 N–H and O–H groups in total. The second-order valence-corrected chi connectivity index (χ2v) is 1.76. The maximum Gasteiger partial charge on any atom is 0.193 e. The summed E-state index contributed by atoms with van der Waals surface area (Å²) < 4.78 is 0. The van der Waals surface area contributed by atoms with E-state index in [1.807, 2.05) is 0 Å². The number of aromatic hydroxyl groups is 1. The van der Waals surface area contributed by atoms with Crippen molar-refractivity contribution in [3.05, 3.63) is 24.0 Å². The Bertz CT molecular complexity index is 322. The van der Waals surface area contributed by atoms with Gasteiger partial charge in [0.25, 0.3) is 0 Å². The molecule has 0 amide bonds. The van der Waals surface area contributed by atoms with Gasteiger partial charge in [0.1, 0.15) is 5.75 Å². The fourth-order valence-electron chi connectivity index (χ4n) is 0.591. The number of hydrogen-bond donors (Lipinski definition) is 1. The molecular formula is C8H5NO2. The van der Waals surface area contributed by atoms with Crippen LogP contribution in [0.15, 0.2) is 18.3 Å². The van der Waals surface area contributed by atoms with Crippen LogP contribution >= 0.6 is 0 Å². The van der Waals surface area contributed by atoms with E-state index in [1.54, 1.807) is 6.07 Å². The molecule has 3 nitrogen and oxygen atoms in total. The van der Waals surface area contributed by atoms with Crippen molar-refractivity contribution in [1.29, 1.82) is 0 Å². The smallest absolute Gasteiger partial charge is 0.193 e. The summed E-state index contributed by atoms with van der Waals surface area (Å²) in [6.07, 6.45) is 1.95. The third-order valence-electron chi connectivity index (χ3n) is 1.04. The van der Waals surface area contributed by atoms with Crippen molar-refractivity contribution < 1.29 is 9.90 Å². The number of carbonyl (C=O) groups excluding carboxylic acids is 1. The van der Waals surface area contributed by atoms with Crippen molar-refractivity contribution in [2.75, 3.05) is 0 Å². The Kier molecular flexibility index (Phi) is 2.24. The molecule has 0 bridgehead atoms. The van der Waals surface area contributed by atoms with E-state index in [0.29, 0.717) is 6.29 Å². The quantitative estimate of drug-likeness (QED) is 0.425. The molecule has 0 aliphatic carbocycles. The molecule has 0 saturated carbocycles. The van der Waals surface area contributed by atoms with Crippen molar-refractivity contribution in [1.82, 2.24) is 4.98 Å². The molecule has 0 aliphatic rings. The predicted molar refractivity (Wildman–Crippen MR) is 38.8 cm³/mol. The largest absolute Gasteiger partial charge is 0.505 e. The summed E-state index contributed by atoms with van der Waals surface area (Å²) in [4.78, 5) is 13.5. The molecule has 0 saturated heterocycles. The Morgan fingerprint density at radius 1 is 1.64 bits per heavy atom. The van der Waals surface area contributed by atoms with E-state index < -0.39 is 0 Å². The SMILES string of the molecule is O=CC#Cc1ncccc1O. The minimum atomic E-state index is -0.0122. The first kappa shape index (κ1) is 7.29. The van der Waals surface area contributed by atoms with E-state index in [1.165, 1.54) is 12.3 Å². The van der Waals surface area contributed by atoms with Gasteiger partial charge in [-0.15, -0.1) is 0 Å². The molecule has 11 heavy (non-hydrogen) atoms. The molecular weight excluding hydrogens is 142 g/mol. The fraction of sp³-hybridized carbons (Fsp3) is 0. The zero-order valence-electron chi connectivity index (χ0n) is 5.61. The number of aldehydes is 1. The monoisotopic (exact) mass is 147 g/mol. The van der Waals surface area contributed by atoms with Gasteiger partial charge in [0, 0.05) is 6.20 Å². The molecule has 54 valence electrons. The van der Waals surface area contributed by atoms with Crippen LogP contribution in [0.1, 0.15) is 5.69 Å². The summed E-state index contributed by atoms with van der Waals surface area (Å²) in [5, 5.41) is 9.06. The Hall–Kier alpha value is -1.82. The molecule has 1 aromatic heterocycles. The first-order valence-electron chi connectivity index (χ1n) is 2.94. The number of pyridine rings is 1. The molecule has 1 heterocycles. The van der Waals surface area contributed by atoms with Gasteiger partial charge in [-0.2, -0.15) is 0 Å². The maximum absolute atomic E-state index is 9.81. The maximum atomic E-state index is 9.81. The van der Waals surface area contributed by atoms with E-state index in [9.17, 15) is 4.79 Å². The Morgan fingerprint density at radius 3 is 3.09 bits per heavy atom. The topological polar surface area (TPSA) is 50.2 Å². The van der Waals surface area contributed by atoms with Crippen molar-refractivity contribution in [2.24, 2.45) is 0 Å². The molecule has 0 aromatic carbocycles. The van der Waals surface area contributed by atoms with Gasteiger partial charge in [-0.1, -0.05) is 0 Å². The van der Waals surface area contributed by atoms with Crippen LogP contribution in [0.5, 0.6) is 5.75 Å². The van der Waals surface area contributed by atoms with E-state index in [0.717, 1.165) is 0 Å². The molecule has 0 aliphatic heterocycles. The summed E-state index contributed by atoms with van der Waals surface area (Å²) in [7, 11) is 0. The lowest BCUT2D eigenvalue weighted by Gasteiger charge is -1.91. The van der Waals surface area contributed by atoms with Crippen molar-refractivity contribution in [3.8, 4) is 17.6 Å². The van der Waals surface area contributed by atoms with Gasteiger partial charge in [0.2, 0.25) is 0 Å². The van der Waals surface area contributed by atoms with Crippen LogP contribution in [0, 0.1) is 11.8 Å². The van der Waals surface area contributed by atoms with Crippen LogP contribution in [-0.4, -0.2) is 16.4 Å². The van der Waals surface area contributed by atoms with Gasteiger partial charge < -0.3 is 5.11 Å². The summed E-state index contributed by atoms with van der Waals surface area (Å²) in [6.45, 7) is 0. The minimum Gasteiger partial charge on any atom is -0.505 e. The number of hydrogen-bond acceptors (Lipinski definition) is 3. The first-order valence-corrected chi connectivity index (χ1v) is 2.94. The fourth-order valence-corrected chi connectivity index (χ4v) is 0.591. The van der Waals surface area contributed by atoms with Crippen LogP contribution in [0.3, 0.4) is 0 Å². The number of rotatable bonds is 0. The number of carbonyl (C=O) groups is 1. The van der Waals surface area contributed by atoms with Gasteiger partial charge in [-0.25, -0.2) is 4.98 Å². The summed E-state index contributed by atoms with van der Waals surface area (Å²) in [6, 6.07) is 3.04. The van der Waals surface area contributed by atoms with Crippen molar-refractivity contribution in [3.63, 3.8) is 0 Å². The van der Waals surface area contributed by atoms with E-state index in [2.05, 4.69) is 16.8 Å². The Labute approximate surface area is 63.7 Å². The molecule has 1 rings (SSSR count). The van der Waals surface area contributed by atoms with Gasteiger partial charge >= 0.3 is 0 Å². The van der Waals surface area contributed by atoms with E-state index >= 15 is 0 Å². The highest BCUT2D eigenvalue weighted by atomic mass is 16.3. The van der Waals surface area contributed by atoms with Crippen LogP contribution in [0.2, 0.25) is 0 Å². The highest BCUT2D eigenvalue weighted by Crippen LogP contribution is 2.09. The van der Waals surface area contributed by atoms with Crippen molar-refractivity contribution >= 4 is 6.29 Å². The third kappa shape index (κ3) is 1.80. The molecule has 0 radical (unpaired) electrons. The van der Waals surface area contributed by atoms with Crippen LogP contribution in [-0.2, 0) is 4.79 Å². The highest BCUT2D eigenvalue weighted by Gasteiger charge is 1.93. The molecule has 0 spiro atoms. The lowest BCUT2D eigenvalue weighted by atomic mass is 10.3. The van der Waals surface area contributed by atoms with Crippen molar-refractivity contribution in [2.45, 2.75) is 0 Å². The highest BCUT2D eigenvalue weighted by molar-refractivity contribution is 5.74. The average molecular weight is 147 g/mol. The molecule has 0 unspecified atom stereocenters. The number of nitrogens with zero attached hydrogens (tertiary/aromatic N) is 1. The van der Waals surface area contributed by atoms with Gasteiger partial charge in [-0.3, -0.25) is 4.79 Å². The Morgan fingerprint density at radius 2 is 2.45 bits per heavy atom. The van der Waals surface area contributed by atoms with Crippen LogP contribution < -0.4 is 0 Å². The average Bonchev–Trinajstić information content (AvgIpc) is 2.03. The van der Waals surface area contributed by atoms with Crippen LogP contribution in [0.4, 0.5) is 0 Å². The van der Waals surface area contributed by atoms with E-state index in [-0.39, 0.29) is 11.4 Å². The standard InChI is InChI=1S/C8H5NO2/c10-6-2-3-7-8(11)4-1-5-9-7/h1,4-6,11H. The van der Waals surface area contributed by atoms with Gasteiger partial charge in [0.05, 0.1) is 0 Å². The normalized spacial score (nSPS) is 8.00. The van der Waals surface area contributed by atoms with Crippen LogP contribution in [0.25, 0.3) is 0 Å². The summed E-state index contributed by atoms with van der Waals surface area (Å²) in [5.74, 6) is 4.52. The minimum absolute atomic E-state index is 0.0122. The second-order valence-electron chi connectivity index (χ2n) is 1.76. The molecule has 1 aromatic rings. The predicted octanol–water partition coefficient (Wildman–Crippen LogP) is 0.338. The first-order chi connectivity index (χ1) is 5.34. The summed E-state index contributed by atoms with van der Waals surface area (Å²) >= 11 is 0. The molecule has 0 fully saturated rings. The molecule has 3 heteroatoms. The lowest BCUT2D eigenvalue weighted by Crippen LogP contribution is -1.80. The Balaban J connectivity index is 3.03. The van der Waals surface area contributed by atoms with E-state index in [4.69, 9.17) is 5.11 Å². The zero-order chi connectivity index (χ0) is 8.10. The third-order valence-corrected chi connectivity index (χ3v) is 1.04. The summed E-state index contributed by atoms with van der Waals surface area (Å²) in [5.41, 5.74) is 0.222. The molecule has 0 atom stereocenters. The number of aromatic nitrogens is 1.